The molecular formula is C29H36N2O6S. The van der Waals surface area contributed by atoms with Crippen molar-refractivity contribution in [3.63, 3.8) is 0 Å². The van der Waals surface area contributed by atoms with Gasteiger partial charge in [-0.25, -0.2) is 8.42 Å². The summed E-state index contributed by atoms with van der Waals surface area (Å²) < 4.78 is 44.7. The molecule has 0 atom stereocenters. The molecule has 0 saturated heterocycles. The van der Waals surface area contributed by atoms with E-state index in [9.17, 15) is 13.2 Å². The molecule has 9 heteroatoms. The molecule has 0 aliphatic carbocycles. The number of amides is 1. The van der Waals surface area contributed by atoms with Crippen molar-refractivity contribution in [1.82, 2.24) is 5.32 Å². The number of anilines is 1. The number of hydrogen-bond donors (Lipinski definition) is 1. The third kappa shape index (κ3) is 7.64. The molecule has 3 rings (SSSR count). The number of sulfonamides is 1. The predicted molar refractivity (Wildman–Crippen MR) is 149 cm³/mol. The zero-order valence-corrected chi connectivity index (χ0v) is 23.4. The molecule has 0 aliphatic heterocycles. The second-order valence-electron chi connectivity index (χ2n) is 9.13. The lowest BCUT2D eigenvalue weighted by Crippen LogP contribution is -2.41. The van der Waals surface area contributed by atoms with E-state index in [1.54, 1.807) is 30.3 Å². The summed E-state index contributed by atoms with van der Waals surface area (Å²) in [5, 5.41) is 2.85. The number of hydrogen-bond acceptors (Lipinski definition) is 6. The van der Waals surface area contributed by atoms with E-state index in [1.807, 2.05) is 45.0 Å². The van der Waals surface area contributed by atoms with Crippen LogP contribution < -0.4 is 23.8 Å². The van der Waals surface area contributed by atoms with Crippen molar-refractivity contribution in [2.24, 2.45) is 0 Å². The van der Waals surface area contributed by atoms with Crippen LogP contribution in [-0.2, 0) is 21.2 Å². The predicted octanol–water partition coefficient (Wildman–Crippen LogP) is 4.74. The van der Waals surface area contributed by atoms with Crippen LogP contribution in [0.2, 0.25) is 0 Å². The smallest absolute Gasteiger partial charge is 0.264 e. The molecule has 204 valence electrons. The Bertz CT molecular complexity index is 1320. The average Bonchev–Trinajstić information content (AvgIpc) is 2.89. The van der Waals surface area contributed by atoms with Gasteiger partial charge in [-0.15, -0.1) is 0 Å². The number of nitrogens with zero attached hydrogens (tertiary/aromatic N) is 1. The summed E-state index contributed by atoms with van der Waals surface area (Å²) in [6, 6.07) is 19.1. The number of methoxy groups -OCH3 is 2. The molecule has 0 radical (unpaired) electrons. The maximum absolute atomic E-state index is 13.6. The fraction of sp³-hybridized carbons (Fsp3) is 0.345. The highest BCUT2D eigenvalue weighted by Gasteiger charge is 2.28. The number of rotatable bonds is 13. The van der Waals surface area contributed by atoms with E-state index in [1.165, 1.54) is 26.4 Å². The van der Waals surface area contributed by atoms with Gasteiger partial charge in [0.25, 0.3) is 10.0 Å². The number of nitrogens with one attached hydrogen (secondary N) is 1. The summed E-state index contributed by atoms with van der Waals surface area (Å²) in [5.74, 6) is 1.22. The summed E-state index contributed by atoms with van der Waals surface area (Å²) in [5.41, 5.74) is 2.33. The van der Waals surface area contributed by atoms with Crippen LogP contribution in [0.25, 0.3) is 0 Å². The molecule has 0 spiro atoms. The second kappa shape index (κ2) is 13.2. The first-order chi connectivity index (χ1) is 18.1. The van der Waals surface area contributed by atoms with Gasteiger partial charge < -0.3 is 19.5 Å². The molecule has 0 aromatic heterocycles. The zero-order chi connectivity index (χ0) is 27.7. The van der Waals surface area contributed by atoms with E-state index in [2.05, 4.69) is 5.32 Å². The quantitative estimate of drug-likeness (QED) is 0.315. The number of benzene rings is 3. The van der Waals surface area contributed by atoms with Crippen molar-refractivity contribution in [1.29, 1.82) is 0 Å². The Morgan fingerprint density at radius 3 is 2.32 bits per heavy atom. The van der Waals surface area contributed by atoms with Crippen molar-refractivity contribution in [2.45, 2.75) is 44.6 Å². The van der Waals surface area contributed by atoms with E-state index in [4.69, 9.17) is 14.2 Å². The highest BCUT2D eigenvalue weighted by Crippen LogP contribution is 2.33. The van der Waals surface area contributed by atoms with E-state index in [-0.39, 0.29) is 17.5 Å². The fourth-order valence-electron chi connectivity index (χ4n) is 3.89. The lowest BCUT2D eigenvalue weighted by Gasteiger charge is -2.25. The van der Waals surface area contributed by atoms with Crippen LogP contribution >= 0.6 is 0 Å². The van der Waals surface area contributed by atoms with Gasteiger partial charge >= 0.3 is 0 Å². The minimum Gasteiger partial charge on any atom is -0.493 e. The second-order valence-corrected chi connectivity index (χ2v) is 11.0. The van der Waals surface area contributed by atoms with Crippen LogP contribution in [0.15, 0.2) is 71.6 Å². The maximum Gasteiger partial charge on any atom is 0.264 e. The fourth-order valence-corrected chi connectivity index (χ4v) is 5.30. The van der Waals surface area contributed by atoms with Gasteiger partial charge in [-0.2, -0.15) is 0 Å². The molecule has 1 N–H and O–H groups in total. The van der Waals surface area contributed by atoms with Crippen LogP contribution in [0, 0.1) is 6.92 Å². The minimum atomic E-state index is -4.04. The van der Waals surface area contributed by atoms with Gasteiger partial charge in [0.2, 0.25) is 5.91 Å². The number of carbonyl (C=O) groups is 1. The molecule has 0 saturated carbocycles. The van der Waals surface area contributed by atoms with Gasteiger partial charge in [-0.05, 0) is 75.6 Å². The SMILES string of the molecule is COc1ccc(N(CC(=O)NCCCc2cccc(OC(C)C)c2)S(=O)(=O)c2ccc(C)cc2)cc1OC. The standard InChI is InChI=1S/C29H36N2O6S/c1-21(2)37-25-10-6-8-23(18-25)9-7-17-30-29(32)20-31(24-13-16-27(35-4)28(19-24)36-5)38(33,34)26-14-11-22(3)12-15-26/h6,8,10-16,18-19,21H,7,9,17,20H2,1-5H3,(H,30,32). The normalized spacial score (nSPS) is 11.2. The largest absolute Gasteiger partial charge is 0.493 e. The summed E-state index contributed by atoms with van der Waals surface area (Å²) >= 11 is 0. The minimum absolute atomic E-state index is 0.0918. The van der Waals surface area contributed by atoms with Gasteiger partial charge in [-0.3, -0.25) is 9.10 Å². The van der Waals surface area contributed by atoms with Crippen molar-refractivity contribution in [2.75, 3.05) is 31.6 Å². The first-order valence-corrected chi connectivity index (χ1v) is 13.9. The van der Waals surface area contributed by atoms with Crippen LogP contribution in [0.4, 0.5) is 5.69 Å². The molecule has 3 aromatic carbocycles. The van der Waals surface area contributed by atoms with Gasteiger partial charge in [0, 0.05) is 12.6 Å². The van der Waals surface area contributed by atoms with Crippen LogP contribution in [0.1, 0.15) is 31.4 Å². The maximum atomic E-state index is 13.6. The summed E-state index contributed by atoms with van der Waals surface area (Å²) in [6.45, 7) is 5.85. The Morgan fingerprint density at radius 2 is 1.66 bits per heavy atom. The Balaban J connectivity index is 1.73. The Hall–Kier alpha value is -3.72. The van der Waals surface area contributed by atoms with Gasteiger partial charge in [0.05, 0.1) is 30.9 Å². The van der Waals surface area contributed by atoms with E-state index in [0.29, 0.717) is 30.2 Å². The van der Waals surface area contributed by atoms with Gasteiger partial charge in [0.1, 0.15) is 12.3 Å². The Labute approximate surface area is 225 Å². The number of ether oxygens (including phenoxy) is 3. The molecule has 0 aliphatic rings. The zero-order valence-electron chi connectivity index (χ0n) is 22.6. The van der Waals surface area contributed by atoms with Crippen molar-refractivity contribution < 1.29 is 27.4 Å². The van der Waals surface area contributed by atoms with Crippen LogP contribution in [-0.4, -0.2) is 47.7 Å². The molecule has 38 heavy (non-hydrogen) atoms. The van der Waals surface area contributed by atoms with Crippen molar-refractivity contribution >= 4 is 21.6 Å². The third-order valence-corrected chi connectivity index (χ3v) is 7.57. The van der Waals surface area contributed by atoms with Crippen molar-refractivity contribution in [3.8, 4) is 17.2 Å². The topological polar surface area (TPSA) is 94.2 Å². The average molecular weight is 541 g/mol. The summed E-state index contributed by atoms with van der Waals surface area (Å²) in [7, 11) is -1.07. The van der Waals surface area contributed by atoms with Crippen LogP contribution in [0.3, 0.4) is 0 Å². The lowest BCUT2D eigenvalue weighted by molar-refractivity contribution is -0.119. The summed E-state index contributed by atoms with van der Waals surface area (Å²) in [4.78, 5) is 13.0. The molecule has 0 fully saturated rings. The third-order valence-electron chi connectivity index (χ3n) is 5.79. The molecule has 1 amide bonds. The summed E-state index contributed by atoms with van der Waals surface area (Å²) in [6.07, 6.45) is 1.53. The lowest BCUT2D eigenvalue weighted by atomic mass is 10.1. The Kier molecular flexibility index (Phi) is 10.0. The molecule has 3 aromatic rings. The molecule has 0 bridgehead atoms. The van der Waals surface area contributed by atoms with E-state index >= 15 is 0 Å². The van der Waals surface area contributed by atoms with Crippen LogP contribution in [0.5, 0.6) is 17.2 Å². The van der Waals surface area contributed by atoms with E-state index < -0.39 is 15.9 Å². The first-order valence-electron chi connectivity index (χ1n) is 12.5. The number of carbonyl (C=O) groups excluding carboxylic acids is 1. The highest BCUT2D eigenvalue weighted by atomic mass is 32.2. The Morgan fingerprint density at radius 1 is 0.947 bits per heavy atom. The molecule has 8 nitrogen and oxygen atoms in total. The molecular weight excluding hydrogens is 504 g/mol. The van der Waals surface area contributed by atoms with E-state index in [0.717, 1.165) is 27.6 Å². The molecule has 0 unspecified atom stereocenters. The van der Waals surface area contributed by atoms with Gasteiger partial charge in [0.15, 0.2) is 11.5 Å². The first kappa shape index (κ1) is 28.8. The number of aryl methyl sites for hydroxylation is 2. The van der Waals surface area contributed by atoms with Crippen molar-refractivity contribution in [3.05, 3.63) is 77.9 Å². The highest BCUT2D eigenvalue weighted by molar-refractivity contribution is 7.92. The molecule has 0 heterocycles. The monoisotopic (exact) mass is 540 g/mol. The van der Waals surface area contributed by atoms with Gasteiger partial charge in [-0.1, -0.05) is 29.8 Å².